The molecular weight excluding hydrogens is 388 g/mol. The third-order valence-corrected chi connectivity index (χ3v) is 6.12. The average molecular weight is 411 g/mol. The smallest absolute Gasteiger partial charge is 0.0795 e. The Kier molecular flexibility index (Phi) is 4.54. The zero-order chi connectivity index (χ0) is 21.3. The SMILES string of the molecule is C(=C\c1c2c(nc3ccccc13)-c1ccccc1NC2c1ccccc1)/c1ccccc1. The van der Waals surface area contributed by atoms with Crippen molar-refractivity contribution in [3.05, 3.63) is 131 Å². The van der Waals surface area contributed by atoms with Crippen molar-refractivity contribution in [3.8, 4) is 11.3 Å². The Labute approximate surface area is 187 Å². The lowest BCUT2D eigenvalue weighted by molar-refractivity contribution is 0.919. The number of pyridine rings is 1. The molecule has 2 heterocycles. The summed E-state index contributed by atoms with van der Waals surface area (Å²) in [4.78, 5) is 5.17. The van der Waals surface area contributed by atoms with Crippen molar-refractivity contribution in [2.24, 2.45) is 0 Å². The van der Waals surface area contributed by atoms with E-state index in [-0.39, 0.29) is 6.04 Å². The fourth-order valence-electron chi connectivity index (χ4n) is 4.61. The summed E-state index contributed by atoms with van der Waals surface area (Å²) in [6, 6.07) is 38.1. The van der Waals surface area contributed by atoms with E-state index in [1.807, 2.05) is 6.07 Å². The van der Waals surface area contributed by atoms with Gasteiger partial charge < -0.3 is 5.32 Å². The second-order valence-electron chi connectivity index (χ2n) is 8.08. The fraction of sp³-hybridized carbons (Fsp3) is 0.0333. The van der Waals surface area contributed by atoms with Gasteiger partial charge in [0.2, 0.25) is 0 Å². The molecule has 6 rings (SSSR count). The molecule has 0 aliphatic carbocycles. The molecule has 32 heavy (non-hydrogen) atoms. The largest absolute Gasteiger partial charge is 0.373 e. The van der Waals surface area contributed by atoms with E-state index >= 15 is 0 Å². The number of para-hydroxylation sites is 2. The number of hydrogen-bond acceptors (Lipinski definition) is 2. The topological polar surface area (TPSA) is 24.9 Å². The number of nitrogens with one attached hydrogen (secondary N) is 1. The summed E-state index contributed by atoms with van der Waals surface area (Å²) in [6.45, 7) is 0. The van der Waals surface area contributed by atoms with Crippen LogP contribution >= 0.6 is 0 Å². The van der Waals surface area contributed by atoms with Crippen LogP contribution < -0.4 is 5.32 Å². The van der Waals surface area contributed by atoms with Crippen LogP contribution in [0.4, 0.5) is 5.69 Å². The van der Waals surface area contributed by atoms with Crippen molar-refractivity contribution < 1.29 is 0 Å². The van der Waals surface area contributed by atoms with Gasteiger partial charge in [-0.1, -0.05) is 109 Å². The second kappa shape index (κ2) is 7.82. The summed E-state index contributed by atoms with van der Waals surface area (Å²) in [7, 11) is 0. The number of nitrogens with zero attached hydrogens (tertiary/aromatic N) is 1. The maximum atomic E-state index is 5.17. The molecule has 152 valence electrons. The zero-order valence-electron chi connectivity index (χ0n) is 17.6. The van der Waals surface area contributed by atoms with Gasteiger partial charge in [0.15, 0.2) is 0 Å². The molecule has 0 saturated carbocycles. The highest BCUT2D eigenvalue weighted by Crippen LogP contribution is 2.45. The van der Waals surface area contributed by atoms with Gasteiger partial charge in [-0.3, -0.25) is 0 Å². The molecule has 0 amide bonds. The van der Waals surface area contributed by atoms with E-state index in [2.05, 4.69) is 121 Å². The number of benzene rings is 4. The van der Waals surface area contributed by atoms with E-state index in [9.17, 15) is 0 Å². The molecule has 5 aromatic rings. The Morgan fingerprint density at radius 2 is 1.34 bits per heavy atom. The second-order valence-corrected chi connectivity index (χ2v) is 8.08. The van der Waals surface area contributed by atoms with E-state index in [1.165, 1.54) is 27.6 Å². The molecule has 1 N–H and O–H groups in total. The first-order chi connectivity index (χ1) is 15.9. The lowest BCUT2D eigenvalue weighted by atomic mass is 9.85. The van der Waals surface area contributed by atoms with Crippen molar-refractivity contribution in [1.82, 2.24) is 4.98 Å². The fourth-order valence-corrected chi connectivity index (χ4v) is 4.61. The molecule has 1 aromatic heterocycles. The lowest BCUT2D eigenvalue weighted by Gasteiger charge is -2.31. The van der Waals surface area contributed by atoms with Crippen LogP contribution in [0.3, 0.4) is 0 Å². The summed E-state index contributed by atoms with van der Waals surface area (Å²) in [5.74, 6) is 0. The van der Waals surface area contributed by atoms with Gasteiger partial charge >= 0.3 is 0 Å². The number of hydrogen-bond donors (Lipinski definition) is 1. The molecule has 1 aliphatic rings. The molecule has 1 aliphatic heterocycles. The minimum atomic E-state index is 0.0219. The standard InChI is InChI=1S/C30H22N2/c1-3-11-21(12-4-1)19-20-24-23-15-7-9-17-26(23)32-30-25-16-8-10-18-27(25)31-29(28(24)30)22-13-5-2-6-14-22/h1-20,29,31H/b20-19+. The molecule has 0 saturated heterocycles. The molecule has 1 unspecified atom stereocenters. The van der Waals surface area contributed by atoms with Crippen molar-refractivity contribution in [3.63, 3.8) is 0 Å². The van der Waals surface area contributed by atoms with E-state index in [0.29, 0.717) is 0 Å². The van der Waals surface area contributed by atoms with Crippen LogP contribution in [0.15, 0.2) is 109 Å². The Morgan fingerprint density at radius 1 is 0.656 bits per heavy atom. The van der Waals surface area contributed by atoms with Crippen LogP contribution in [0.5, 0.6) is 0 Å². The summed E-state index contributed by atoms with van der Waals surface area (Å²) in [5, 5.41) is 4.97. The molecule has 0 radical (unpaired) electrons. The van der Waals surface area contributed by atoms with Crippen molar-refractivity contribution in [2.75, 3.05) is 5.32 Å². The van der Waals surface area contributed by atoms with Crippen LogP contribution in [0.2, 0.25) is 0 Å². The monoisotopic (exact) mass is 410 g/mol. The average Bonchev–Trinajstić information content (AvgIpc) is 2.87. The molecule has 2 nitrogen and oxygen atoms in total. The van der Waals surface area contributed by atoms with Crippen LogP contribution in [0.1, 0.15) is 28.3 Å². The molecular formula is C30H22N2. The minimum Gasteiger partial charge on any atom is -0.373 e. The predicted molar refractivity (Wildman–Crippen MR) is 134 cm³/mol. The van der Waals surface area contributed by atoms with Crippen molar-refractivity contribution in [1.29, 1.82) is 0 Å². The van der Waals surface area contributed by atoms with Gasteiger partial charge in [-0.05, 0) is 28.8 Å². The Bertz CT molecular complexity index is 1440. The van der Waals surface area contributed by atoms with Crippen molar-refractivity contribution in [2.45, 2.75) is 6.04 Å². The predicted octanol–water partition coefficient (Wildman–Crippen LogP) is 7.59. The van der Waals surface area contributed by atoms with Gasteiger partial charge in [-0.25, -0.2) is 4.98 Å². The third kappa shape index (κ3) is 3.17. The Hall–Kier alpha value is -4.17. The zero-order valence-corrected chi connectivity index (χ0v) is 17.6. The summed E-state index contributed by atoms with van der Waals surface area (Å²) in [5.41, 5.74) is 9.19. The van der Waals surface area contributed by atoms with Crippen LogP contribution in [-0.4, -0.2) is 4.98 Å². The van der Waals surface area contributed by atoms with Gasteiger partial charge in [0.05, 0.1) is 17.3 Å². The number of anilines is 1. The number of fused-ring (bicyclic) bond motifs is 4. The van der Waals surface area contributed by atoms with E-state index in [4.69, 9.17) is 4.98 Å². The quantitative estimate of drug-likeness (QED) is 0.331. The van der Waals surface area contributed by atoms with E-state index < -0.39 is 0 Å². The summed E-state index contributed by atoms with van der Waals surface area (Å²) >= 11 is 0. The highest BCUT2D eigenvalue weighted by molar-refractivity contribution is 5.98. The lowest BCUT2D eigenvalue weighted by Crippen LogP contribution is -2.20. The molecule has 2 heteroatoms. The maximum absolute atomic E-state index is 5.17. The number of aromatic nitrogens is 1. The first-order valence-corrected chi connectivity index (χ1v) is 10.9. The highest BCUT2D eigenvalue weighted by Gasteiger charge is 2.29. The molecule has 0 fully saturated rings. The first-order valence-electron chi connectivity index (χ1n) is 10.9. The van der Waals surface area contributed by atoms with Crippen LogP contribution in [-0.2, 0) is 0 Å². The van der Waals surface area contributed by atoms with Gasteiger partial charge in [-0.15, -0.1) is 0 Å². The third-order valence-electron chi connectivity index (χ3n) is 6.12. The normalized spacial score (nSPS) is 14.7. The van der Waals surface area contributed by atoms with Crippen molar-refractivity contribution >= 4 is 28.7 Å². The van der Waals surface area contributed by atoms with Gasteiger partial charge in [0.1, 0.15) is 0 Å². The first kappa shape index (κ1) is 18.6. The highest BCUT2D eigenvalue weighted by atomic mass is 15.0. The van der Waals surface area contributed by atoms with E-state index in [1.54, 1.807) is 0 Å². The maximum Gasteiger partial charge on any atom is 0.0795 e. The van der Waals surface area contributed by atoms with Gasteiger partial charge in [-0.2, -0.15) is 0 Å². The number of rotatable bonds is 3. The summed E-state index contributed by atoms with van der Waals surface area (Å²) < 4.78 is 0. The van der Waals surface area contributed by atoms with Gasteiger partial charge in [0.25, 0.3) is 0 Å². The van der Waals surface area contributed by atoms with E-state index in [0.717, 1.165) is 22.5 Å². The Balaban J connectivity index is 1.67. The molecule has 4 aromatic carbocycles. The summed E-state index contributed by atoms with van der Waals surface area (Å²) in [6.07, 6.45) is 4.45. The molecule has 0 bridgehead atoms. The van der Waals surface area contributed by atoms with Crippen LogP contribution in [0.25, 0.3) is 34.3 Å². The molecule has 0 spiro atoms. The van der Waals surface area contributed by atoms with Gasteiger partial charge in [0, 0.05) is 22.2 Å². The Morgan fingerprint density at radius 3 is 2.19 bits per heavy atom. The minimum absolute atomic E-state index is 0.0219. The molecule has 1 atom stereocenters. The van der Waals surface area contributed by atoms with Crippen LogP contribution in [0, 0.1) is 0 Å².